The van der Waals surface area contributed by atoms with Gasteiger partial charge in [-0.15, -0.1) is 0 Å². The second-order valence-corrected chi connectivity index (χ2v) is 7.49. The Kier molecular flexibility index (Phi) is 5.06. The van der Waals surface area contributed by atoms with Crippen LogP contribution in [0.3, 0.4) is 0 Å². The molecular formula is C21H17NO3S. The normalized spacial score (nSPS) is 11.9. The minimum absolute atomic E-state index is 0.0889. The van der Waals surface area contributed by atoms with E-state index in [1.165, 1.54) is 18.2 Å². The van der Waals surface area contributed by atoms with Gasteiger partial charge < -0.3 is 4.74 Å². The van der Waals surface area contributed by atoms with Crippen molar-refractivity contribution in [3.63, 3.8) is 0 Å². The lowest BCUT2D eigenvalue weighted by atomic mass is 10.0. The first-order valence-electron chi connectivity index (χ1n) is 8.14. The van der Waals surface area contributed by atoms with Crippen LogP contribution in [0.2, 0.25) is 0 Å². The minimum atomic E-state index is -3.91. The van der Waals surface area contributed by atoms with Crippen molar-refractivity contribution >= 4 is 26.7 Å². The molecule has 3 rings (SSSR count). The SMILES string of the molecule is CCOc1ccc2ccccc2c1/C=C(/C#N)S(=O)(=O)c1ccccc1. The predicted octanol–water partition coefficient (Wildman–Crippen LogP) is 4.58. The average Bonchev–Trinajstić information content (AvgIpc) is 2.67. The van der Waals surface area contributed by atoms with Crippen molar-refractivity contribution in [1.29, 1.82) is 5.26 Å². The number of nitriles is 1. The van der Waals surface area contributed by atoms with Gasteiger partial charge in [0.25, 0.3) is 0 Å². The van der Waals surface area contributed by atoms with Gasteiger partial charge in [-0.2, -0.15) is 5.26 Å². The molecular weight excluding hydrogens is 346 g/mol. The Balaban J connectivity index is 2.25. The third-order valence-corrected chi connectivity index (χ3v) is 5.64. The largest absolute Gasteiger partial charge is 0.493 e. The molecule has 26 heavy (non-hydrogen) atoms. The van der Waals surface area contributed by atoms with Crippen LogP contribution in [0.5, 0.6) is 5.75 Å². The van der Waals surface area contributed by atoms with Crippen LogP contribution in [0.25, 0.3) is 16.8 Å². The highest BCUT2D eigenvalue weighted by Crippen LogP contribution is 2.32. The molecule has 0 aromatic heterocycles. The van der Waals surface area contributed by atoms with E-state index in [0.29, 0.717) is 17.9 Å². The molecule has 0 aliphatic carbocycles. The lowest BCUT2D eigenvalue weighted by molar-refractivity contribution is 0.340. The van der Waals surface area contributed by atoms with E-state index in [1.807, 2.05) is 43.3 Å². The highest BCUT2D eigenvalue weighted by molar-refractivity contribution is 7.95. The Hall–Kier alpha value is -3.10. The molecule has 130 valence electrons. The number of allylic oxidation sites excluding steroid dienone is 1. The lowest BCUT2D eigenvalue weighted by Crippen LogP contribution is -2.04. The summed E-state index contributed by atoms with van der Waals surface area (Å²) in [5.41, 5.74) is 0.584. The molecule has 0 aliphatic rings. The van der Waals surface area contributed by atoms with Gasteiger partial charge in [-0.05, 0) is 42.0 Å². The van der Waals surface area contributed by atoms with E-state index in [-0.39, 0.29) is 9.80 Å². The number of sulfone groups is 1. The Labute approximate surface area is 152 Å². The minimum Gasteiger partial charge on any atom is -0.493 e. The zero-order chi connectivity index (χ0) is 18.6. The maximum absolute atomic E-state index is 12.8. The maximum atomic E-state index is 12.8. The molecule has 0 fully saturated rings. The van der Waals surface area contributed by atoms with E-state index < -0.39 is 9.84 Å². The first kappa shape index (κ1) is 17.7. The molecule has 3 aromatic carbocycles. The van der Waals surface area contributed by atoms with Crippen molar-refractivity contribution in [2.24, 2.45) is 0 Å². The maximum Gasteiger partial charge on any atom is 0.216 e. The van der Waals surface area contributed by atoms with Crippen LogP contribution in [0, 0.1) is 11.3 Å². The number of hydrogen-bond donors (Lipinski definition) is 0. The monoisotopic (exact) mass is 363 g/mol. The first-order chi connectivity index (χ1) is 12.6. The van der Waals surface area contributed by atoms with E-state index in [2.05, 4.69) is 0 Å². The Morgan fingerprint density at radius 3 is 2.42 bits per heavy atom. The first-order valence-corrected chi connectivity index (χ1v) is 9.62. The highest BCUT2D eigenvalue weighted by atomic mass is 32.2. The van der Waals surface area contributed by atoms with Gasteiger partial charge in [-0.1, -0.05) is 48.5 Å². The van der Waals surface area contributed by atoms with E-state index in [1.54, 1.807) is 24.3 Å². The number of rotatable bonds is 5. The molecule has 0 amide bonds. The third-order valence-electron chi connectivity index (χ3n) is 3.96. The summed E-state index contributed by atoms with van der Waals surface area (Å²) in [4.78, 5) is -0.230. The smallest absolute Gasteiger partial charge is 0.216 e. The fourth-order valence-corrected chi connectivity index (χ4v) is 3.90. The summed E-state index contributed by atoms with van der Waals surface area (Å²) >= 11 is 0. The summed E-state index contributed by atoms with van der Waals surface area (Å²) in [6, 6.07) is 21.1. The number of benzene rings is 3. The predicted molar refractivity (Wildman–Crippen MR) is 102 cm³/mol. The van der Waals surface area contributed by atoms with Crippen molar-refractivity contribution < 1.29 is 13.2 Å². The van der Waals surface area contributed by atoms with E-state index in [9.17, 15) is 13.7 Å². The van der Waals surface area contributed by atoms with Crippen LogP contribution >= 0.6 is 0 Å². The topological polar surface area (TPSA) is 67.2 Å². The number of hydrogen-bond acceptors (Lipinski definition) is 4. The van der Waals surface area contributed by atoms with Crippen molar-refractivity contribution in [2.45, 2.75) is 11.8 Å². The summed E-state index contributed by atoms with van der Waals surface area (Å²) in [7, 11) is -3.91. The van der Waals surface area contributed by atoms with Crippen molar-refractivity contribution in [2.75, 3.05) is 6.61 Å². The average molecular weight is 363 g/mol. The van der Waals surface area contributed by atoms with Crippen LogP contribution in [0.15, 0.2) is 76.5 Å². The van der Waals surface area contributed by atoms with Gasteiger partial charge in [-0.3, -0.25) is 0 Å². The molecule has 0 N–H and O–H groups in total. The quantitative estimate of drug-likeness (QED) is 0.623. The van der Waals surface area contributed by atoms with Crippen molar-refractivity contribution in [3.05, 3.63) is 77.2 Å². The molecule has 0 saturated carbocycles. The molecule has 0 spiro atoms. The highest BCUT2D eigenvalue weighted by Gasteiger charge is 2.21. The van der Waals surface area contributed by atoms with Gasteiger partial charge >= 0.3 is 0 Å². The number of nitrogens with zero attached hydrogens (tertiary/aromatic N) is 1. The molecule has 0 saturated heterocycles. The summed E-state index contributed by atoms with van der Waals surface area (Å²) in [6.07, 6.45) is 1.40. The van der Waals surface area contributed by atoms with Crippen LogP contribution in [-0.4, -0.2) is 15.0 Å². The van der Waals surface area contributed by atoms with E-state index in [4.69, 9.17) is 4.74 Å². The molecule has 3 aromatic rings. The fourth-order valence-electron chi connectivity index (χ4n) is 2.73. The molecule has 5 heteroatoms. The molecule has 0 radical (unpaired) electrons. The molecule has 4 nitrogen and oxygen atoms in total. The van der Waals surface area contributed by atoms with Crippen molar-refractivity contribution in [1.82, 2.24) is 0 Å². The zero-order valence-electron chi connectivity index (χ0n) is 14.2. The van der Waals surface area contributed by atoms with Crippen LogP contribution < -0.4 is 4.74 Å². The van der Waals surface area contributed by atoms with Gasteiger partial charge in [-0.25, -0.2) is 8.42 Å². The zero-order valence-corrected chi connectivity index (χ0v) is 15.0. The van der Waals surface area contributed by atoms with Gasteiger partial charge in [0.15, 0.2) is 0 Å². The van der Waals surface area contributed by atoms with Crippen molar-refractivity contribution in [3.8, 4) is 11.8 Å². The third kappa shape index (κ3) is 3.32. The molecule has 0 unspecified atom stereocenters. The second-order valence-electron chi connectivity index (χ2n) is 5.57. The van der Waals surface area contributed by atoms with Gasteiger partial charge in [0, 0.05) is 5.56 Å². The van der Waals surface area contributed by atoms with Gasteiger partial charge in [0.05, 0.1) is 11.5 Å². The van der Waals surface area contributed by atoms with Gasteiger partial charge in [0.2, 0.25) is 9.84 Å². The Morgan fingerprint density at radius 1 is 1.04 bits per heavy atom. The van der Waals surface area contributed by atoms with Crippen LogP contribution in [-0.2, 0) is 9.84 Å². The standard InChI is InChI=1S/C21H17NO3S/c1-2-25-21-13-12-16-8-6-7-11-19(16)20(21)14-18(15-22)26(23,24)17-9-4-3-5-10-17/h3-14H,2H2,1H3/b18-14-. The summed E-state index contributed by atoms with van der Waals surface area (Å²) in [5, 5.41) is 11.3. The van der Waals surface area contributed by atoms with Crippen LogP contribution in [0.1, 0.15) is 12.5 Å². The van der Waals surface area contributed by atoms with E-state index >= 15 is 0 Å². The Morgan fingerprint density at radius 2 is 1.73 bits per heavy atom. The molecule has 0 bridgehead atoms. The molecule has 0 heterocycles. The summed E-state index contributed by atoms with van der Waals surface area (Å²) in [5.74, 6) is 0.544. The summed E-state index contributed by atoms with van der Waals surface area (Å²) in [6.45, 7) is 2.29. The lowest BCUT2D eigenvalue weighted by Gasteiger charge is -2.11. The fraction of sp³-hybridized carbons (Fsp3) is 0.0952. The van der Waals surface area contributed by atoms with Crippen LogP contribution in [0.4, 0.5) is 0 Å². The molecule has 0 aliphatic heterocycles. The Bertz CT molecular complexity index is 1110. The number of ether oxygens (including phenoxy) is 1. The second kappa shape index (κ2) is 7.42. The van der Waals surface area contributed by atoms with E-state index in [0.717, 1.165) is 10.8 Å². The van der Waals surface area contributed by atoms with Gasteiger partial charge in [0.1, 0.15) is 16.7 Å². The molecule has 0 atom stereocenters. The summed E-state index contributed by atoms with van der Waals surface area (Å²) < 4.78 is 31.3. The number of fused-ring (bicyclic) bond motifs is 1.